The lowest BCUT2D eigenvalue weighted by Crippen LogP contribution is -1.98. The lowest BCUT2D eigenvalue weighted by molar-refractivity contribution is 0.742. The Morgan fingerprint density at radius 3 is 2.40 bits per heavy atom. The molecule has 0 fully saturated rings. The number of aryl methyl sites for hydroxylation is 1. The molecule has 0 radical (unpaired) electrons. The third-order valence-corrected chi connectivity index (χ3v) is 2.58. The molecule has 1 aromatic carbocycles. The van der Waals surface area contributed by atoms with Gasteiger partial charge >= 0.3 is 0 Å². The van der Waals surface area contributed by atoms with Gasteiger partial charge in [-0.3, -0.25) is 0 Å². The molecule has 78 valence electrons. The molecular formula is C13H16N2. The van der Waals surface area contributed by atoms with Crippen molar-refractivity contribution in [3.05, 3.63) is 42.4 Å². The van der Waals surface area contributed by atoms with Gasteiger partial charge in [0.1, 0.15) is 0 Å². The Morgan fingerprint density at radius 2 is 1.80 bits per heavy atom. The van der Waals surface area contributed by atoms with E-state index in [1.807, 2.05) is 24.5 Å². The van der Waals surface area contributed by atoms with Crippen LogP contribution in [0.1, 0.15) is 25.5 Å². The molecule has 0 saturated carbocycles. The fourth-order valence-electron chi connectivity index (χ4n) is 1.94. The Morgan fingerprint density at radius 1 is 1.13 bits per heavy atom. The first-order chi connectivity index (χ1) is 7.20. The summed E-state index contributed by atoms with van der Waals surface area (Å²) in [6, 6.07) is 10.3. The minimum atomic E-state index is 0.493. The van der Waals surface area contributed by atoms with Gasteiger partial charge in [0.2, 0.25) is 0 Å². The summed E-state index contributed by atoms with van der Waals surface area (Å²) in [6.45, 7) is 4.40. The van der Waals surface area contributed by atoms with E-state index in [9.17, 15) is 0 Å². The van der Waals surface area contributed by atoms with E-state index in [4.69, 9.17) is 0 Å². The van der Waals surface area contributed by atoms with E-state index >= 15 is 0 Å². The summed E-state index contributed by atoms with van der Waals surface area (Å²) in [4.78, 5) is 4.47. The summed E-state index contributed by atoms with van der Waals surface area (Å²) in [5.41, 5.74) is 3.59. The predicted octanol–water partition coefficient (Wildman–Crippen LogP) is 3.21. The van der Waals surface area contributed by atoms with Crippen molar-refractivity contribution < 1.29 is 0 Å². The average molecular weight is 200 g/mol. The molecule has 0 N–H and O–H groups in total. The summed E-state index contributed by atoms with van der Waals surface area (Å²) in [7, 11) is 2.05. The van der Waals surface area contributed by atoms with Crippen molar-refractivity contribution in [2.24, 2.45) is 7.05 Å². The third-order valence-electron chi connectivity index (χ3n) is 2.58. The molecule has 0 aliphatic carbocycles. The molecule has 0 aliphatic heterocycles. The molecular weight excluding hydrogens is 184 g/mol. The largest absolute Gasteiger partial charge is 0.337 e. The number of benzene rings is 1. The van der Waals surface area contributed by atoms with Crippen LogP contribution < -0.4 is 0 Å². The second-order valence-corrected chi connectivity index (χ2v) is 4.11. The van der Waals surface area contributed by atoms with Gasteiger partial charge in [-0.05, 0) is 5.92 Å². The molecule has 0 spiro atoms. The summed E-state index contributed by atoms with van der Waals surface area (Å²) in [5.74, 6) is 0.493. The molecule has 0 saturated heterocycles. The van der Waals surface area contributed by atoms with Crippen molar-refractivity contribution in [1.82, 2.24) is 9.55 Å². The van der Waals surface area contributed by atoms with E-state index in [2.05, 4.69) is 42.6 Å². The normalized spacial score (nSPS) is 10.9. The Kier molecular flexibility index (Phi) is 2.58. The first-order valence-corrected chi connectivity index (χ1v) is 5.26. The number of aromatic nitrogens is 2. The monoisotopic (exact) mass is 200 g/mol. The van der Waals surface area contributed by atoms with Crippen molar-refractivity contribution >= 4 is 0 Å². The van der Waals surface area contributed by atoms with Gasteiger partial charge in [0.05, 0.1) is 12.0 Å². The molecule has 1 heterocycles. The van der Waals surface area contributed by atoms with Gasteiger partial charge in [-0.1, -0.05) is 44.2 Å². The van der Waals surface area contributed by atoms with Crippen LogP contribution in [0.25, 0.3) is 11.3 Å². The minimum absolute atomic E-state index is 0.493. The highest BCUT2D eigenvalue weighted by Crippen LogP contribution is 2.26. The average Bonchev–Trinajstić information content (AvgIpc) is 2.61. The first kappa shape index (κ1) is 9.97. The molecule has 0 atom stereocenters. The zero-order chi connectivity index (χ0) is 10.8. The predicted molar refractivity (Wildman–Crippen MR) is 62.7 cm³/mol. The third kappa shape index (κ3) is 1.80. The molecule has 2 rings (SSSR count). The quantitative estimate of drug-likeness (QED) is 0.727. The summed E-state index contributed by atoms with van der Waals surface area (Å²) < 4.78 is 2.10. The molecule has 0 unspecified atom stereocenters. The van der Waals surface area contributed by atoms with Crippen LogP contribution in [0.3, 0.4) is 0 Å². The first-order valence-electron chi connectivity index (χ1n) is 5.26. The van der Waals surface area contributed by atoms with E-state index in [1.165, 1.54) is 11.3 Å². The minimum Gasteiger partial charge on any atom is -0.337 e. The Hall–Kier alpha value is -1.57. The van der Waals surface area contributed by atoms with Gasteiger partial charge in [-0.25, -0.2) is 4.98 Å². The zero-order valence-corrected chi connectivity index (χ0v) is 9.44. The van der Waals surface area contributed by atoms with Crippen LogP contribution in [0, 0.1) is 0 Å². The maximum Gasteiger partial charge on any atom is 0.0953 e. The highest BCUT2D eigenvalue weighted by atomic mass is 15.0. The molecule has 0 bridgehead atoms. The highest BCUT2D eigenvalue weighted by Gasteiger charge is 2.13. The topological polar surface area (TPSA) is 17.8 Å². The molecule has 0 amide bonds. The van der Waals surface area contributed by atoms with Crippen LogP contribution in [0.5, 0.6) is 0 Å². The second-order valence-electron chi connectivity index (χ2n) is 4.11. The number of nitrogens with zero attached hydrogens (tertiary/aromatic N) is 2. The Bertz CT molecular complexity index is 441. The summed E-state index contributed by atoms with van der Waals surface area (Å²) >= 11 is 0. The maximum atomic E-state index is 4.47. The standard InChI is InChI=1S/C13H16N2/c1-10(2)13-12(14-9-15(13)3)11-7-5-4-6-8-11/h4-10H,1-3H3. The van der Waals surface area contributed by atoms with Crippen LogP contribution >= 0.6 is 0 Å². The van der Waals surface area contributed by atoms with Crippen LogP contribution in [0.15, 0.2) is 36.7 Å². The van der Waals surface area contributed by atoms with E-state index in [0.29, 0.717) is 5.92 Å². The lowest BCUT2D eigenvalue weighted by Gasteiger charge is -2.09. The fraction of sp³-hybridized carbons (Fsp3) is 0.308. The van der Waals surface area contributed by atoms with Gasteiger partial charge in [0.15, 0.2) is 0 Å². The highest BCUT2D eigenvalue weighted by molar-refractivity contribution is 5.62. The van der Waals surface area contributed by atoms with Crippen molar-refractivity contribution in [2.75, 3.05) is 0 Å². The van der Waals surface area contributed by atoms with Gasteiger partial charge in [0, 0.05) is 18.3 Å². The van der Waals surface area contributed by atoms with E-state index in [0.717, 1.165) is 5.69 Å². The maximum absolute atomic E-state index is 4.47. The summed E-state index contributed by atoms with van der Waals surface area (Å²) in [6.07, 6.45) is 1.89. The van der Waals surface area contributed by atoms with E-state index in [-0.39, 0.29) is 0 Å². The van der Waals surface area contributed by atoms with Crippen LogP contribution in [-0.4, -0.2) is 9.55 Å². The van der Waals surface area contributed by atoms with Crippen LogP contribution in [0.2, 0.25) is 0 Å². The van der Waals surface area contributed by atoms with Crippen LogP contribution in [0.4, 0.5) is 0 Å². The molecule has 2 nitrogen and oxygen atoms in total. The number of hydrogen-bond acceptors (Lipinski definition) is 1. The smallest absolute Gasteiger partial charge is 0.0953 e. The molecule has 0 aliphatic rings. The Labute approximate surface area is 90.6 Å². The zero-order valence-electron chi connectivity index (χ0n) is 9.44. The van der Waals surface area contributed by atoms with Gasteiger partial charge in [0.25, 0.3) is 0 Å². The SMILES string of the molecule is CC(C)c1c(-c2ccccc2)ncn1C. The van der Waals surface area contributed by atoms with Crippen molar-refractivity contribution in [3.8, 4) is 11.3 Å². The van der Waals surface area contributed by atoms with Crippen molar-refractivity contribution in [3.63, 3.8) is 0 Å². The van der Waals surface area contributed by atoms with Gasteiger partial charge in [-0.15, -0.1) is 0 Å². The molecule has 1 aromatic heterocycles. The number of rotatable bonds is 2. The van der Waals surface area contributed by atoms with Crippen molar-refractivity contribution in [1.29, 1.82) is 0 Å². The second kappa shape index (κ2) is 3.89. The van der Waals surface area contributed by atoms with E-state index in [1.54, 1.807) is 0 Å². The molecule has 2 aromatic rings. The van der Waals surface area contributed by atoms with Crippen molar-refractivity contribution in [2.45, 2.75) is 19.8 Å². The fourth-order valence-corrected chi connectivity index (χ4v) is 1.94. The number of imidazole rings is 1. The number of hydrogen-bond donors (Lipinski definition) is 0. The lowest BCUT2D eigenvalue weighted by atomic mass is 10.0. The Balaban J connectivity index is 2.54. The van der Waals surface area contributed by atoms with Gasteiger partial charge < -0.3 is 4.57 Å². The van der Waals surface area contributed by atoms with E-state index < -0.39 is 0 Å². The molecule has 2 heteroatoms. The van der Waals surface area contributed by atoms with Crippen LogP contribution in [-0.2, 0) is 7.05 Å². The summed E-state index contributed by atoms with van der Waals surface area (Å²) in [5, 5.41) is 0. The molecule has 15 heavy (non-hydrogen) atoms. The van der Waals surface area contributed by atoms with Gasteiger partial charge in [-0.2, -0.15) is 0 Å².